The summed E-state index contributed by atoms with van der Waals surface area (Å²) in [7, 11) is 9.87. The topological polar surface area (TPSA) is 52.9 Å². The van der Waals surface area contributed by atoms with Crippen molar-refractivity contribution in [2.24, 2.45) is 20.8 Å². The molecule has 0 spiro atoms. The minimum absolute atomic E-state index is 0.106. The van der Waals surface area contributed by atoms with Crippen molar-refractivity contribution in [3.05, 3.63) is 10.6 Å². The van der Waals surface area contributed by atoms with Gasteiger partial charge in [0, 0.05) is 0 Å². The van der Waals surface area contributed by atoms with Crippen molar-refractivity contribution >= 4 is 28.7 Å². The van der Waals surface area contributed by atoms with E-state index in [9.17, 15) is 0 Å². The molecule has 0 unspecified atom stereocenters. The first-order chi connectivity index (χ1) is 19.5. The first kappa shape index (κ1) is 37.6. The van der Waals surface area contributed by atoms with Crippen molar-refractivity contribution in [1.82, 2.24) is 0 Å². The zero-order chi connectivity index (χ0) is 30.1. The van der Waals surface area contributed by atoms with Gasteiger partial charge in [0.15, 0.2) is 0 Å². The number of hydrogen-bond acceptors (Lipinski definition) is 2. The molecule has 0 aliphatic heterocycles. The molecular formula is C34H62Cl2N4Zr. The maximum atomic E-state index is 5.05. The molecule has 4 saturated carbocycles. The Morgan fingerprint density at radius 1 is 0.488 bits per heavy atom. The van der Waals surface area contributed by atoms with Crippen molar-refractivity contribution in [1.29, 1.82) is 0 Å². The molecule has 4 fully saturated rings. The van der Waals surface area contributed by atoms with Gasteiger partial charge >= 0.3 is 37.9 Å². The molecule has 4 nitrogen and oxygen atoms in total. The van der Waals surface area contributed by atoms with Crippen LogP contribution in [0.15, 0.2) is 9.98 Å². The van der Waals surface area contributed by atoms with Gasteiger partial charge in [-0.15, -0.1) is 0 Å². The van der Waals surface area contributed by atoms with Gasteiger partial charge in [0.25, 0.3) is 0 Å². The standard InChI is InChI=1S/2C17H31N2.2ClH.Zr/c2*1-17(2,3)16(18-14-10-6-4-7-11-14)19-15-12-8-5-9-13-15;;;/h2*14-15H,4-13H2,1-3H3;2*1H;/q2*-1;;;+4/p-2. The van der Waals surface area contributed by atoms with Crippen LogP contribution in [-0.4, -0.2) is 35.8 Å². The van der Waals surface area contributed by atoms with E-state index >= 15 is 0 Å². The van der Waals surface area contributed by atoms with Gasteiger partial charge in [0.2, 0.25) is 0 Å². The van der Waals surface area contributed by atoms with Gasteiger partial charge in [-0.25, -0.2) is 0 Å². The van der Waals surface area contributed by atoms with E-state index < -0.39 is 20.8 Å². The van der Waals surface area contributed by atoms with Gasteiger partial charge in [-0.1, -0.05) is 182 Å². The molecule has 236 valence electrons. The first-order valence-electron chi connectivity index (χ1n) is 17.1. The normalized spacial score (nSPS) is 22.9. The molecule has 0 aromatic heterocycles. The van der Waals surface area contributed by atoms with Crippen LogP contribution >= 0.6 is 17.0 Å². The van der Waals surface area contributed by atoms with Crippen LogP contribution in [0.2, 0.25) is 0 Å². The Labute approximate surface area is 273 Å². The van der Waals surface area contributed by atoms with Crippen LogP contribution in [-0.2, 0) is 20.8 Å². The summed E-state index contributed by atoms with van der Waals surface area (Å²) >= 11 is -0.826. The number of rotatable bonds is 4. The molecule has 0 bridgehead atoms. The minimum atomic E-state index is -0.826. The van der Waals surface area contributed by atoms with E-state index in [4.69, 9.17) is 37.6 Å². The molecule has 0 aromatic carbocycles. The van der Waals surface area contributed by atoms with Crippen LogP contribution in [0.3, 0.4) is 0 Å². The summed E-state index contributed by atoms with van der Waals surface area (Å²) < 4.78 is 0. The number of aliphatic imine (C=N–C) groups is 2. The monoisotopic (exact) mass is 686 g/mol. The Kier molecular flexibility index (Phi) is 18.7. The average Bonchev–Trinajstić information content (AvgIpc) is 2.94. The molecule has 4 aliphatic rings. The second-order valence-electron chi connectivity index (χ2n) is 14.9. The molecular weight excluding hydrogens is 627 g/mol. The zero-order valence-corrected chi connectivity index (χ0v) is 31.5. The number of amidine groups is 2. The fourth-order valence-electron chi connectivity index (χ4n) is 6.37. The van der Waals surface area contributed by atoms with E-state index in [1.807, 2.05) is 0 Å². The molecule has 7 heteroatoms. The maximum absolute atomic E-state index is 5.05. The predicted molar refractivity (Wildman–Crippen MR) is 180 cm³/mol. The molecule has 4 rings (SSSR count). The van der Waals surface area contributed by atoms with Gasteiger partial charge < -0.3 is 20.6 Å². The molecule has 0 N–H and O–H groups in total. The average molecular weight is 689 g/mol. The molecule has 0 radical (unpaired) electrons. The zero-order valence-electron chi connectivity index (χ0n) is 27.5. The Bertz CT molecular complexity index is 673. The van der Waals surface area contributed by atoms with E-state index in [-0.39, 0.29) is 10.8 Å². The third-order valence-corrected chi connectivity index (χ3v) is 8.86. The van der Waals surface area contributed by atoms with Crippen molar-refractivity contribution in [3.8, 4) is 0 Å². The van der Waals surface area contributed by atoms with Crippen molar-refractivity contribution in [2.75, 3.05) is 0 Å². The van der Waals surface area contributed by atoms with Crippen LogP contribution < -0.4 is 0 Å². The predicted octanol–water partition coefficient (Wildman–Crippen LogP) is 12.3. The van der Waals surface area contributed by atoms with E-state index in [0.29, 0.717) is 24.2 Å². The van der Waals surface area contributed by atoms with Crippen molar-refractivity contribution in [3.63, 3.8) is 0 Å². The van der Waals surface area contributed by atoms with Crippen LogP contribution in [0.5, 0.6) is 0 Å². The Morgan fingerprint density at radius 2 is 0.732 bits per heavy atom. The van der Waals surface area contributed by atoms with Crippen molar-refractivity contribution < 1.29 is 20.8 Å². The van der Waals surface area contributed by atoms with Gasteiger partial charge in [0.1, 0.15) is 0 Å². The molecule has 41 heavy (non-hydrogen) atoms. The fraction of sp³-hybridized carbons (Fsp3) is 0.941. The van der Waals surface area contributed by atoms with E-state index in [1.165, 1.54) is 128 Å². The summed E-state index contributed by atoms with van der Waals surface area (Å²) in [5.74, 6) is 2.29. The molecule has 4 aliphatic carbocycles. The summed E-state index contributed by atoms with van der Waals surface area (Å²) in [6.45, 7) is 13.6. The van der Waals surface area contributed by atoms with Gasteiger partial charge in [-0.05, 0) is 35.0 Å². The molecule has 0 heterocycles. The molecule has 0 saturated heterocycles. The van der Waals surface area contributed by atoms with Crippen molar-refractivity contribution in [2.45, 2.75) is 194 Å². The third-order valence-electron chi connectivity index (χ3n) is 8.86. The number of halogens is 2. The second-order valence-corrected chi connectivity index (χ2v) is 18.6. The Morgan fingerprint density at radius 3 is 0.976 bits per heavy atom. The molecule has 0 aromatic rings. The van der Waals surface area contributed by atoms with Gasteiger partial charge in [0.05, 0.1) is 0 Å². The SMILES string of the molecule is CC(C)(C)C(=NC1CCCCC1)[N-]C1CCCCC1.CC(C)(C)C(=NC1CCCCC1)[N-]C1CCCCC1.[Cl][Zr+2][Cl]. The fourth-order valence-corrected chi connectivity index (χ4v) is 6.37. The van der Waals surface area contributed by atoms with E-state index in [1.54, 1.807) is 0 Å². The Balaban J connectivity index is 0.000000262. The quantitative estimate of drug-likeness (QED) is 0.209. The summed E-state index contributed by atoms with van der Waals surface area (Å²) in [5, 5.41) is 10.1. The van der Waals surface area contributed by atoms with Gasteiger partial charge in [-0.3, -0.25) is 0 Å². The summed E-state index contributed by atoms with van der Waals surface area (Å²) in [6, 6.07) is 2.20. The molecule has 0 amide bonds. The van der Waals surface area contributed by atoms with Crippen LogP contribution in [0.4, 0.5) is 0 Å². The number of nitrogens with zero attached hydrogens (tertiary/aromatic N) is 4. The van der Waals surface area contributed by atoms with Crippen LogP contribution in [0.1, 0.15) is 170 Å². The Hall–Kier alpha value is 0.403. The first-order valence-corrected chi connectivity index (χ1v) is 23.4. The third kappa shape index (κ3) is 16.3. The van der Waals surface area contributed by atoms with E-state index in [2.05, 4.69) is 41.5 Å². The summed E-state index contributed by atoms with van der Waals surface area (Å²) in [5.41, 5.74) is 0.212. The second kappa shape index (κ2) is 20.4. The summed E-state index contributed by atoms with van der Waals surface area (Å²) in [4.78, 5) is 10.1. The van der Waals surface area contributed by atoms with Gasteiger partial charge in [-0.2, -0.15) is 0 Å². The van der Waals surface area contributed by atoms with Crippen LogP contribution in [0.25, 0.3) is 10.6 Å². The van der Waals surface area contributed by atoms with E-state index in [0.717, 1.165) is 11.7 Å². The number of hydrogen-bond donors (Lipinski definition) is 0. The van der Waals surface area contributed by atoms with Crippen LogP contribution in [0, 0.1) is 10.8 Å². The summed E-state index contributed by atoms with van der Waals surface area (Å²) in [6.07, 6.45) is 26.7. The molecule has 0 atom stereocenters.